The summed E-state index contributed by atoms with van der Waals surface area (Å²) >= 11 is 5.78. The Hall–Kier alpha value is -0.870. The van der Waals surface area contributed by atoms with Gasteiger partial charge in [0.1, 0.15) is 0 Å². The summed E-state index contributed by atoms with van der Waals surface area (Å²) in [5.74, 6) is 0. The van der Waals surface area contributed by atoms with Crippen LogP contribution in [0, 0.1) is 0 Å². The highest BCUT2D eigenvalue weighted by Gasteiger charge is 2.16. The third-order valence-electron chi connectivity index (χ3n) is 2.34. The second-order valence-corrected chi connectivity index (χ2v) is 3.92. The van der Waals surface area contributed by atoms with Gasteiger partial charge in [-0.25, -0.2) is 0 Å². The van der Waals surface area contributed by atoms with Crippen molar-refractivity contribution in [2.24, 2.45) is 0 Å². The molecule has 0 bridgehead atoms. The molecule has 1 atom stereocenters. The first-order valence-electron chi connectivity index (χ1n) is 4.72. The van der Waals surface area contributed by atoms with Crippen LogP contribution in [0.25, 0.3) is 0 Å². The molecule has 1 aromatic heterocycles. The quantitative estimate of drug-likeness (QED) is 0.752. The molecular formula is C9H13ClN4. The van der Waals surface area contributed by atoms with Gasteiger partial charge < -0.3 is 10.2 Å². The molecule has 1 aromatic rings. The van der Waals surface area contributed by atoms with E-state index < -0.39 is 0 Å². The van der Waals surface area contributed by atoms with Gasteiger partial charge in [-0.05, 0) is 6.92 Å². The Kier molecular flexibility index (Phi) is 2.84. The zero-order chi connectivity index (χ0) is 9.97. The maximum absolute atomic E-state index is 5.78. The molecule has 1 aliphatic heterocycles. The van der Waals surface area contributed by atoms with Crippen molar-refractivity contribution in [3.8, 4) is 0 Å². The molecule has 0 spiro atoms. The largest absolute Gasteiger partial charge is 0.367 e. The molecule has 5 heteroatoms. The van der Waals surface area contributed by atoms with Crippen molar-refractivity contribution in [2.45, 2.75) is 13.0 Å². The normalized spacial score (nSPS) is 22.4. The van der Waals surface area contributed by atoms with Gasteiger partial charge in [0.2, 0.25) is 0 Å². The van der Waals surface area contributed by atoms with Crippen molar-refractivity contribution < 1.29 is 0 Å². The lowest BCUT2D eigenvalue weighted by atomic mass is 10.2. The number of hydrogen-bond acceptors (Lipinski definition) is 4. The average molecular weight is 213 g/mol. The summed E-state index contributed by atoms with van der Waals surface area (Å²) in [5.41, 5.74) is 1.05. The van der Waals surface area contributed by atoms with Gasteiger partial charge in [0.05, 0.1) is 11.9 Å². The van der Waals surface area contributed by atoms with E-state index in [9.17, 15) is 0 Å². The van der Waals surface area contributed by atoms with Crippen LogP contribution >= 0.6 is 11.6 Å². The summed E-state index contributed by atoms with van der Waals surface area (Å²) in [6.07, 6.45) is 1.75. The second-order valence-electron chi connectivity index (χ2n) is 3.54. The summed E-state index contributed by atoms with van der Waals surface area (Å²) in [6.45, 7) is 5.15. The fourth-order valence-corrected chi connectivity index (χ4v) is 1.83. The van der Waals surface area contributed by atoms with E-state index in [4.69, 9.17) is 11.6 Å². The van der Waals surface area contributed by atoms with Crippen LogP contribution in [0.15, 0.2) is 12.3 Å². The zero-order valence-corrected chi connectivity index (χ0v) is 8.83. The van der Waals surface area contributed by atoms with E-state index in [0.29, 0.717) is 11.2 Å². The molecule has 0 saturated carbocycles. The highest BCUT2D eigenvalue weighted by Crippen LogP contribution is 2.17. The molecule has 0 aromatic carbocycles. The molecule has 2 heterocycles. The number of aromatic nitrogens is 2. The molecule has 0 aliphatic carbocycles. The molecule has 1 fully saturated rings. The van der Waals surface area contributed by atoms with Gasteiger partial charge in [0, 0.05) is 31.7 Å². The number of hydrogen-bond donors (Lipinski definition) is 1. The number of nitrogens with one attached hydrogen (secondary N) is 1. The fourth-order valence-electron chi connectivity index (χ4n) is 1.67. The highest BCUT2D eigenvalue weighted by atomic mass is 35.5. The highest BCUT2D eigenvalue weighted by molar-refractivity contribution is 6.29. The first-order chi connectivity index (χ1) is 6.75. The van der Waals surface area contributed by atoms with Gasteiger partial charge in [0.25, 0.3) is 0 Å². The molecule has 0 amide bonds. The summed E-state index contributed by atoms with van der Waals surface area (Å²) < 4.78 is 0. The number of rotatable bonds is 1. The summed E-state index contributed by atoms with van der Waals surface area (Å²) in [4.78, 5) is 2.27. The first kappa shape index (κ1) is 9.68. The van der Waals surface area contributed by atoms with Crippen molar-refractivity contribution in [1.29, 1.82) is 0 Å². The van der Waals surface area contributed by atoms with E-state index in [-0.39, 0.29) is 0 Å². The minimum Gasteiger partial charge on any atom is -0.367 e. The van der Waals surface area contributed by atoms with Gasteiger partial charge >= 0.3 is 0 Å². The number of anilines is 1. The Bertz CT molecular complexity index is 317. The molecule has 76 valence electrons. The molecule has 4 nitrogen and oxygen atoms in total. The van der Waals surface area contributed by atoms with Crippen LogP contribution in [0.2, 0.25) is 5.15 Å². The van der Waals surface area contributed by atoms with E-state index in [1.165, 1.54) is 0 Å². The number of halogens is 1. The lowest BCUT2D eigenvalue weighted by molar-refractivity contribution is 0.484. The standard InChI is InChI=1S/C9H13ClN4/c1-7-6-14(3-2-11-7)8-4-9(10)13-12-5-8/h4-5,7,11H,2-3,6H2,1H3. The van der Waals surface area contributed by atoms with Gasteiger partial charge in [-0.2, -0.15) is 5.10 Å². The monoisotopic (exact) mass is 212 g/mol. The molecular weight excluding hydrogens is 200 g/mol. The van der Waals surface area contributed by atoms with Crippen LogP contribution in [-0.4, -0.2) is 35.9 Å². The molecule has 0 radical (unpaired) electrons. The predicted octanol–water partition coefficient (Wildman–Crippen LogP) is 0.928. The van der Waals surface area contributed by atoms with Gasteiger partial charge in [0.15, 0.2) is 5.15 Å². The molecule has 1 aliphatic rings. The Morgan fingerprint density at radius 1 is 1.64 bits per heavy atom. The van der Waals surface area contributed by atoms with Crippen LogP contribution in [0.4, 0.5) is 5.69 Å². The van der Waals surface area contributed by atoms with Gasteiger partial charge in [-0.15, -0.1) is 5.10 Å². The zero-order valence-electron chi connectivity index (χ0n) is 8.07. The van der Waals surface area contributed by atoms with Crippen molar-refractivity contribution in [2.75, 3.05) is 24.5 Å². The number of piperazine rings is 1. The summed E-state index contributed by atoms with van der Waals surface area (Å²) in [7, 11) is 0. The van der Waals surface area contributed by atoms with E-state index in [0.717, 1.165) is 25.3 Å². The second kappa shape index (κ2) is 4.11. The number of nitrogens with zero attached hydrogens (tertiary/aromatic N) is 3. The smallest absolute Gasteiger partial charge is 0.153 e. The van der Waals surface area contributed by atoms with Crippen molar-refractivity contribution >= 4 is 17.3 Å². The average Bonchev–Trinajstić information content (AvgIpc) is 2.18. The van der Waals surface area contributed by atoms with Crippen molar-refractivity contribution in [1.82, 2.24) is 15.5 Å². The lowest BCUT2D eigenvalue weighted by Crippen LogP contribution is -2.49. The lowest BCUT2D eigenvalue weighted by Gasteiger charge is -2.33. The Morgan fingerprint density at radius 3 is 3.21 bits per heavy atom. The Balaban J connectivity index is 2.14. The molecule has 14 heavy (non-hydrogen) atoms. The maximum atomic E-state index is 5.78. The Labute approximate surface area is 88.3 Å². The fraction of sp³-hybridized carbons (Fsp3) is 0.556. The van der Waals surface area contributed by atoms with Crippen LogP contribution in [-0.2, 0) is 0 Å². The van der Waals surface area contributed by atoms with Gasteiger partial charge in [-0.1, -0.05) is 11.6 Å². The topological polar surface area (TPSA) is 41.1 Å². The summed E-state index contributed by atoms with van der Waals surface area (Å²) in [6, 6.07) is 2.36. The van der Waals surface area contributed by atoms with E-state index >= 15 is 0 Å². The molecule has 1 N–H and O–H groups in total. The molecule has 1 unspecified atom stereocenters. The maximum Gasteiger partial charge on any atom is 0.153 e. The van der Waals surface area contributed by atoms with Crippen molar-refractivity contribution in [3.05, 3.63) is 17.4 Å². The minimum absolute atomic E-state index is 0.452. The van der Waals surface area contributed by atoms with Crippen LogP contribution < -0.4 is 10.2 Å². The Morgan fingerprint density at radius 2 is 2.50 bits per heavy atom. The van der Waals surface area contributed by atoms with E-state index in [1.807, 2.05) is 6.07 Å². The molecule has 2 rings (SSSR count). The molecule has 1 saturated heterocycles. The van der Waals surface area contributed by atoms with Crippen LogP contribution in [0.5, 0.6) is 0 Å². The van der Waals surface area contributed by atoms with Gasteiger partial charge in [-0.3, -0.25) is 0 Å². The minimum atomic E-state index is 0.452. The van der Waals surface area contributed by atoms with E-state index in [2.05, 4.69) is 27.3 Å². The van der Waals surface area contributed by atoms with Crippen LogP contribution in [0.1, 0.15) is 6.92 Å². The summed E-state index contributed by atoms with van der Waals surface area (Å²) in [5, 5.41) is 11.4. The first-order valence-corrected chi connectivity index (χ1v) is 5.10. The van der Waals surface area contributed by atoms with E-state index in [1.54, 1.807) is 6.20 Å². The van der Waals surface area contributed by atoms with Crippen molar-refractivity contribution in [3.63, 3.8) is 0 Å². The SMILES string of the molecule is CC1CN(c2cnnc(Cl)c2)CCN1. The third kappa shape index (κ3) is 2.13. The van der Waals surface area contributed by atoms with Crippen LogP contribution in [0.3, 0.4) is 0 Å². The third-order valence-corrected chi connectivity index (χ3v) is 2.53. The predicted molar refractivity (Wildman–Crippen MR) is 56.7 cm³/mol.